The van der Waals surface area contributed by atoms with Gasteiger partial charge < -0.3 is 10.4 Å². The van der Waals surface area contributed by atoms with E-state index in [0.29, 0.717) is 18.1 Å². The Hall–Kier alpha value is -2.21. The van der Waals surface area contributed by atoms with Crippen LogP contribution in [0.3, 0.4) is 0 Å². The highest BCUT2D eigenvalue weighted by Crippen LogP contribution is 2.17. The Morgan fingerprint density at radius 2 is 2.00 bits per heavy atom. The van der Waals surface area contributed by atoms with Crippen LogP contribution < -0.4 is 5.32 Å². The minimum absolute atomic E-state index is 0.478. The van der Waals surface area contributed by atoms with Crippen LogP contribution >= 0.6 is 11.6 Å². The van der Waals surface area contributed by atoms with Crippen molar-refractivity contribution in [2.75, 3.05) is 6.54 Å². The summed E-state index contributed by atoms with van der Waals surface area (Å²) in [5, 5.41) is 18.3. The molecule has 0 aliphatic rings. The third-order valence-electron chi connectivity index (χ3n) is 3.85. The fourth-order valence-electron chi connectivity index (χ4n) is 2.57. The highest BCUT2D eigenvalue weighted by Gasteiger charge is 2.07. The van der Waals surface area contributed by atoms with E-state index in [1.807, 2.05) is 31.2 Å². The third-order valence-corrected chi connectivity index (χ3v) is 4.10. The molecular formula is C18H19ClN4O. The van der Waals surface area contributed by atoms with E-state index < -0.39 is 6.10 Å². The van der Waals surface area contributed by atoms with Gasteiger partial charge in [-0.05, 0) is 41.8 Å². The van der Waals surface area contributed by atoms with Crippen molar-refractivity contribution in [1.29, 1.82) is 0 Å². The Balaban J connectivity index is 1.57. The summed E-state index contributed by atoms with van der Waals surface area (Å²) in [5.74, 6) is 0. The lowest BCUT2D eigenvalue weighted by atomic mass is 10.1. The first-order chi connectivity index (χ1) is 11.6. The van der Waals surface area contributed by atoms with Gasteiger partial charge in [-0.2, -0.15) is 5.10 Å². The summed E-state index contributed by atoms with van der Waals surface area (Å²) in [6.07, 6.45) is 2.65. The lowest BCUT2D eigenvalue weighted by Crippen LogP contribution is -2.21. The van der Waals surface area contributed by atoms with Crippen LogP contribution in [0.25, 0.3) is 5.69 Å². The molecule has 24 heavy (non-hydrogen) atoms. The molecule has 0 saturated heterocycles. The van der Waals surface area contributed by atoms with Crippen molar-refractivity contribution in [1.82, 2.24) is 20.1 Å². The van der Waals surface area contributed by atoms with Crippen LogP contribution in [0.15, 0.2) is 55.1 Å². The molecule has 1 heterocycles. The molecule has 0 amide bonds. The Kier molecular flexibility index (Phi) is 5.25. The van der Waals surface area contributed by atoms with E-state index in [9.17, 15) is 5.11 Å². The molecule has 5 nitrogen and oxygen atoms in total. The van der Waals surface area contributed by atoms with Crippen LogP contribution in [0, 0.1) is 6.92 Å². The lowest BCUT2D eigenvalue weighted by molar-refractivity contribution is 0.174. The van der Waals surface area contributed by atoms with Gasteiger partial charge >= 0.3 is 0 Å². The number of hydrogen-bond acceptors (Lipinski definition) is 4. The average Bonchev–Trinajstić information content (AvgIpc) is 3.10. The van der Waals surface area contributed by atoms with E-state index in [1.54, 1.807) is 23.1 Å². The Morgan fingerprint density at radius 3 is 2.67 bits per heavy atom. The SMILES string of the molecule is Cc1cc(CNCC(O)c2ccc(Cl)cc2)ccc1-n1cncn1. The summed E-state index contributed by atoms with van der Waals surface area (Å²) in [5.41, 5.74) is 4.14. The Morgan fingerprint density at radius 1 is 1.21 bits per heavy atom. The van der Waals surface area contributed by atoms with Crippen molar-refractivity contribution < 1.29 is 5.11 Å². The molecule has 0 bridgehead atoms. The highest BCUT2D eigenvalue weighted by atomic mass is 35.5. The van der Waals surface area contributed by atoms with Crippen molar-refractivity contribution in [3.63, 3.8) is 0 Å². The summed E-state index contributed by atoms with van der Waals surface area (Å²) in [4.78, 5) is 3.97. The molecule has 0 fully saturated rings. The number of aromatic nitrogens is 3. The molecule has 1 unspecified atom stereocenters. The molecule has 1 aromatic heterocycles. The second-order valence-electron chi connectivity index (χ2n) is 5.66. The van der Waals surface area contributed by atoms with E-state index >= 15 is 0 Å². The molecule has 0 aliphatic carbocycles. The number of hydrogen-bond donors (Lipinski definition) is 2. The topological polar surface area (TPSA) is 63.0 Å². The van der Waals surface area contributed by atoms with Gasteiger partial charge in [-0.25, -0.2) is 9.67 Å². The van der Waals surface area contributed by atoms with Crippen molar-refractivity contribution in [3.05, 3.63) is 76.8 Å². The molecule has 1 atom stereocenters. The van der Waals surface area contributed by atoms with Gasteiger partial charge in [-0.1, -0.05) is 35.9 Å². The normalized spacial score (nSPS) is 12.3. The zero-order chi connectivity index (χ0) is 16.9. The fourth-order valence-corrected chi connectivity index (χ4v) is 2.70. The van der Waals surface area contributed by atoms with E-state index in [1.165, 1.54) is 6.33 Å². The number of aryl methyl sites for hydroxylation is 1. The van der Waals surface area contributed by atoms with Gasteiger partial charge in [0.1, 0.15) is 12.7 Å². The Bertz CT molecular complexity index is 787. The van der Waals surface area contributed by atoms with Gasteiger partial charge in [0, 0.05) is 18.1 Å². The van der Waals surface area contributed by atoms with Gasteiger partial charge in [0.2, 0.25) is 0 Å². The van der Waals surface area contributed by atoms with Gasteiger partial charge in [-0.15, -0.1) is 0 Å². The quantitative estimate of drug-likeness (QED) is 0.722. The van der Waals surface area contributed by atoms with E-state index in [-0.39, 0.29) is 0 Å². The van der Waals surface area contributed by atoms with Crippen molar-refractivity contribution >= 4 is 11.6 Å². The standard InChI is InChI=1S/C18H19ClN4O/c1-13-8-14(2-7-17(13)23-12-21-11-22-23)9-20-10-18(24)15-3-5-16(19)6-4-15/h2-8,11-12,18,20,24H,9-10H2,1H3. The molecule has 6 heteroatoms. The molecule has 0 spiro atoms. The molecule has 2 aromatic carbocycles. The fraction of sp³-hybridized carbons (Fsp3) is 0.222. The molecule has 2 N–H and O–H groups in total. The number of nitrogens with one attached hydrogen (secondary N) is 1. The van der Waals surface area contributed by atoms with Crippen LogP contribution in [0.1, 0.15) is 22.8 Å². The summed E-state index contributed by atoms with van der Waals surface area (Å²) in [6.45, 7) is 3.21. The van der Waals surface area contributed by atoms with Crippen LogP contribution in [-0.4, -0.2) is 26.4 Å². The van der Waals surface area contributed by atoms with Gasteiger partial charge in [-0.3, -0.25) is 0 Å². The Labute approximate surface area is 145 Å². The van der Waals surface area contributed by atoms with Crippen LogP contribution in [0.4, 0.5) is 0 Å². The minimum Gasteiger partial charge on any atom is -0.387 e. The van der Waals surface area contributed by atoms with Crippen molar-refractivity contribution in [2.24, 2.45) is 0 Å². The van der Waals surface area contributed by atoms with Gasteiger partial charge in [0.05, 0.1) is 11.8 Å². The molecule has 0 saturated carbocycles. The third kappa shape index (κ3) is 4.00. The van der Waals surface area contributed by atoms with Crippen LogP contribution in [-0.2, 0) is 6.54 Å². The first-order valence-electron chi connectivity index (χ1n) is 7.72. The maximum Gasteiger partial charge on any atom is 0.138 e. The number of halogens is 1. The second kappa shape index (κ2) is 7.57. The van der Waals surface area contributed by atoms with Crippen molar-refractivity contribution in [3.8, 4) is 5.69 Å². The highest BCUT2D eigenvalue weighted by molar-refractivity contribution is 6.30. The predicted molar refractivity (Wildman–Crippen MR) is 94.2 cm³/mol. The predicted octanol–water partition coefficient (Wildman–Crippen LogP) is 3.05. The first-order valence-corrected chi connectivity index (χ1v) is 8.10. The van der Waals surface area contributed by atoms with Gasteiger partial charge in [0.15, 0.2) is 0 Å². The van der Waals surface area contributed by atoms with E-state index in [2.05, 4.69) is 21.5 Å². The summed E-state index contributed by atoms with van der Waals surface area (Å²) >= 11 is 5.86. The zero-order valence-corrected chi connectivity index (χ0v) is 14.1. The average molecular weight is 343 g/mol. The summed E-state index contributed by atoms with van der Waals surface area (Å²) < 4.78 is 1.75. The largest absolute Gasteiger partial charge is 0.387 e. The van der Waals surface area contributed by atoms with Crippen LogP contribution in [0.2, 0.25) is 5.02 Å². The maximum atomic E-state index is 10.2. The monoisotopic (exact) mass is 342 g/mol. The van der Waals surface area contributed by atoms with E-state index in [0.717, 1.165) is 22.4 Å². The van der Waals surface area contributed by atoms with Gasteiger partial charge in [0.25, 0.3) is 0 Å². The maximum absolute atomic E-state index is 10.2. The number of rotatable bonds is 6. The molecular weight excluding hydrogens is 324 g/mol. The number of aliphatic hydroxyl groups is 1. The van der Waals surface area contributed by atoms with Crippen LogP contribution in [0.5, 0.6) is 0 Å². The van der Waals surface area contributed by atoms with Crippen molar-refractivity contribution in [2.45, 2.75) is 19.6 Å². The zero-order valence-electron chi connectivity index (χ0n) is 13.4. The molecule has 124 valence electrons. The minimum atomic E-state index is -0.558. The summed E-state index contributed by atoms with van der Waals surface area (Å²) in [7, 11) is 0. The lowest BCUT2D eigenvalue weighted by Gasteiger charge is -2.13. The number of nitrogens with zero attached hydrogens (tertiary/aromatic N) is 3. The van der Waals surface area contributed by atoms with E-state index in [4.69, 9.17) is 11.6 Å². The smallest absolute Gasteiger partial charge is 0.138 e. The number of aliphatic hydroxyl groups excluding tert-OH is 1. The molecule has 3 aromatic rings. The molecule has 3 rings (SSSR count). The molecule has 0 radical (unpaired) electrons. The number of benzene rings is 2. The molecule has 0 aliphatic heterocycles. The summed E-state index contributed by atoms with van der Waals surface area (Å²) in [6, 6.07) is 13.4. The first kappa shape index (κ1) is 16.6. The second-order valence-corrected chi connectivity index (χ2v) is 6.10.